The normalized spacial score (nSPS) is 34.4. The topological polar surface area (TPSA) is 18.5 Å². The zero-order valence-electron chi connectivity index (χ0n) is 15.6. The average molecular weight is 328 g/mol. The Morgan fingerprint density at radius 2 is 2.04 bits per heavy atom. The summed E-state index contributed by atoms with van der Waals surface area (Å²) in [5.41, 5.74) is 5.20. The van der Waals surface area contributed by atoms with Gasteiger partial charge in [-0.25, -0.2) is 0 Å². The van der Waals surface area contributed by atoms with Gasteiger partial charge in [0.15, 0.2) is 6.79 Å². The van der Waals surface area contributed by atoms with Crippen molar-refractivity contribution in [3.8, 4) is 5.75 Å². The maximum absolute atomic E-state index is 5.84. The van der Waals surface area contributed by atoms with E-state index in [9.17, 15) is 0 Å². The lowest BCUT2D eigenvalue weighted by atomic mass is 9.56. The first-order valence-electron chi connectivity index (χ1n) is 9.93. The van der Waals surface area contributed by atoms with Crippen LogP contribution in [0.1, 0.15) is 75.0 Å². The van der Waals surface area contributed by atoms with E-state index in [1.165, 1.54) is 50.5 Å². The van der Waals surface area contributed by atoms with E-state index in [2.05, 4.69) is 26.0 Å². The van der Waals surface area contributed by atoms with Crippen molar-refractivity contribution in [3.63, 3.8) is 0 Å². The Morgan fingerprint density at radius 1 is 1.17 bits per heavy atom. The van der Waals surface area contributed by atoms with Crippen LogP contribution in [0.4, 0.5) is 0 Å². The third-order valence-electron chi connectivity index (χ3n) is 7.40. The molecular weight excluding hydrogens is 296 g/mol. The fourth-order valence-corrected chi connectivity index (χ4v) is 6.17. The molecule has 2 heteroatoms. The van der Waals surface area contributed by atoms with E-state index in [-0.39, 0.29) is 0 Å². The summed E-state index contributed by atoms with van der Waals surface area (Å²) in [7, 11) is 1.69. The van der Waals surface area contributed by atoms with E-state index in [0.29, 0.717) is 12.2 Å². The number of hydrogen-bond acceptors (Lipinski definition) is 2. The molecule has 2 saturated carbocycles. The Balaban J connectivity index is 1.66. The molecule has 0 bridgehead atoms. The zero-order valence-corrected chi connectivity index (χ0v) is 15.6. The first-order valence-corrected chi connectivity index (χ1v) is 9.93. The molecule has 0 aromatic heterocycles. The van der Waals surface area contributed by atoms with Crippen molar-refractivity contribution < 1.29 is 9.47 Å². The van der Waals surface area contributed by atoms with Crippen LogP contribution < -0.4 is 4.74 Å². The molecule has 2 fully saturated rings. The second-order valence-corrected chi connectivity index (χ2v) is 8.56. The van der Waals surface area contributed by atoms with E-state index < -0.39 is 0 Å². The number of benzene rings is 1. The van der Waals surface area contributed by atoms with Gasteiger partial charge >= 0.3 is 0 Å². The summed E-state index contributed by atoms with van der Waals surface area (Å²) >= 11 is 0. The minimum Gasteiger partial charge on any atom is -0.467 e. The van der Waals surface area contributed by atoms with E-state index in [1.54, 1.807) is 18.2 Å². The minimum atomic E-state index is 0.346. The van der Waals surface area contributed by atoms with Gasteiger partial charge in [-0.05, 0) is 90.9 Å². The van der Waals surface area contributed by atoms with E-state index >= 15 is 0 Å². The van der Waals surface area contributed by atoms with Gasteiger partial charge in [-0.15, -0.1) is 0 Å². The Kier molecular flexibility index (Phi) is 4.36. The molecule has 0 N–H and O–H groups in total. The van der Waals surface area contributed by atoms with Crippen LogP contribution in [0, 0.1) is 17.3 Å². The summed E-state index contributed by atoms with van der Waals surface area (Å²) in [6.07, 6.45) is 10.9. The fourth-order valence-electron chi connectivity index (χ4n) is 6.17. The molecule has 0 heterocycles. The standard InChI is InChI=1S/C22H32O2/c1-4-15-12-19-16(13-21(15)24-14-23-3)7-8-18-17(19)9-11-22(2)10-5-6-20(18)22/h12-13,17-18,20H,4-11,14H2,1-3H3. The van der Waals surface area contributed by atoms with Crippen molar-refractivity contribution in [1.29, 1.82) is 0 Å². The van der Waals surface area contributed by atoms with Crippen LogP contribution in [-0.4, -0.2) is 13.9 Å². The maximum Gasteiger partial charge on any atom is 0.188 e. The van der Waals surface area contributed by atoms with Gasteiger partial charge < -0.3 is 9.47 Å². The van der Waals surface area contributed by atoms with Gasteiger partial charge in [0.1, 0.15) is 5.75 Å². The molecule has 1 aromatic carbocycles. The van der Waals surface area contributed by atoms with E-state index in [4.69, 9.17) is 9.47 Å². The van der Waals surface area contributed by atoms with Crippen molar-refractivity contribution >= 4 is 0 Å². The molecule has 24 heavy (non-hydrogen) atoms. The van der Waals surface area contributed by atoms with Crippen molar-refractivity contribution in [1.82, 2.24) is 0 Å². The van der Waals surface area contributed by atoms with Gasteiger partial charge in [0.25, 0.3) is 0 Å². The molecule has 1 aromatic rings. The van der Waals surface area contributed by atoms with Crippen LogP contribution in [0.2, 0.25) is 0 Å². The molecule has 132 valence electrons. The molecule has 0 aliphatic heterocycles. The number of rotatable bonds is 4. The first kappa shape index (κ1) is 16.4. The highest BCUT2D eigenvalue weighted by atomic mass is 16.7. The van der Waals surface area contributed by atoms with Crippen LogP contribution in [0.15, 0.2) is 12.1 Å². The molecule has 0 saturated heterocycles. The second-order valence-electron chi connectivity index (χ2n) is 8.56. The van der Waals surface area contributed by atoms with Gasteiger partial charge in [0, 0.05) is 7.11 Å². The lowest BCUT2D eigenvalue weighted by Gasteiger charge is -2.49. The molecule has 4 unspecified atom stereocenters. The van der Waals surface area contributed by atoms with Crippen molar-refractivity contribution in [2.75, 3.05) is 13.9 Å². The quantitative estimate of drug-likeness (QED) is 0.682. The molecular formula is C22H32O2. The molecule has 4 rings (SSSR count). The largest absolute Gasteiger partial charge is 0.467 e. The second kappa shape index (κ2) is 6.37. The van der Waals surface area contributed by atoms with Crippen LogP contribution in [-0.2, 0) is 17.6 Å². The van der Waals surface area contributed by atoms with Gasteiger partial charge in [0.05, 0.1) is 0 Å². The van der Waals surface area contributed by atoms with Crippen molar-refractivity contribution in [3.05, 3.63) is 28.8 Å². The summed E-state index contributed by atoms with van der Waals surface area (Å²) in [6.45, 7) is 5.16. The monoisotopic (exact) mass is 328 g/mol. The zero-order chi connectivity index (χ0) is 16.7. The van der Waals surface area contributed by atoms with E-state index in [1.807, 2.05) is 0 Å². The number of methoxy groups -OCH3 is 1. The summed E-state index contributed by atoms with van der Waals surface area (Å²) in [5.74, 6) is 3.73. The molecule has 0 radical (unpaired) electrons. The number of aryl methyl sites for hydroxylation is 2. The molecule has 3 aliphatic rings. The summed E-state index contributed by atoms with van der Waals surface area (Å²) in [6, 6.07) is 4.81. The first-order chi connectivity index (χ1) is 11.7. The van der Waals surface area contributed by atoms with Crippen LogP contribution >= 0.6 is 0 Å². The Hall–Kier alpha value is -1.02. The highest BCUT2D eigenvalue weighted by molar-refractivity contribution is 5.46. The summed E-state index contributed by atoms with van der Waals surface area (Å²) in [5, 5.41) is 0. The molecule has 0 spiro atoms. The van der Waals surface area contributed by atoms with Crippen LogP contribution in [0.3, 0.4) is 0 Å². The fraction of sp³-hybridized carbons (Fsp3) is 0.727. The van der Waals surface area contributed by atoms with Crippen molar-refractivity contribution in [2.24, 2.45) is 17.3 Å². The molecule has 3 aliphatic carbocycles. The minimum absolute atomic E-state index is 0.346. The van der Waals surface area contributed by atoms with Gasteiger partial charge in [-0.3, -0.25) is 0 Å². The Bertz CT molecular complexity index is 608. The molecule has 0 amide bonds. The summed E-state index contributed by atoms with van der Waals surface area (Å²) in [4.78, 5) is 0. The van der Waals surface area contributed by atoms with E-state index in [0.717, 1.165) is 29.9 Å². The molecule has 2 nitrogen and oxygen atoms in total. The Morgan fingerprint density at radius 3 is 2.83 bits per heavy atom. The van der Waals surface area contributed by atoms with Gasteiger partial charge in [0.2, 0.25) is 0 Å². The highest BCUT2D eigenvalue weighted by Crippen LogP contribution is 2.61. The predicted octanol–water partition coefficient (Wildman–Crippen LogP) is 5.48. The van der Waals surface area contributed by atoms with Gasteiger partial charge in [-0.2, -0.15) is 0 Å². The van der Waals surface area contributed by atoms with Gasteiger partial charge in [-0.1, -0.05) is 26.3 Å². The lowest BCUT2D eigenvalue weighted by molar-refractivity contribution is 0.0495. The van der Waals surface area contributed by atoms with Crippen molar-refractivity contribution in [2.45, 2.75) is 71.1 Å². The number of fused-ring (bicyclic) bond motifs is 5. The maximum atomic E-state index is 5.84. The highest BCUT2D eigenvalue weighted by Gasteiger charge is 2.50. The third-order valence-corrected chi connectivity index (χ3v) is 7.40. The third kappa shape index (κ3) is 2.58. The average Bonchev–Trinajstić information content (AvgIpc) is 3.00. The van der Waals surface area contributed by atoms with Crippen LogP contribution in [0.5, 0.6) is 5.75 Å². The van der Waals surface area contributed by atoms with Crippen LogP contribution in [0.25, 0.3) is 0 Å². The smallest absolute Gasteiger partial charge is 0.188 e. The SMILES string of the molecule is CCc1cc2c(cc1OCOC)CCC1C2CCC2(C)CCCC12. The number of hydrogen-bond donors (Lipinski definition) is 0. The number of ether oxygens (including phenoxy) is 2. The molecule has 4 atom stereocenters. The Labute approximate surface area is 146 Å². The predicted molar refractivity (Wildman–Crippen MR) is 97.6 cm³/mol. The lowest BCUT2D eigenvalue weighted by Crippen LogP contribution is -2.39. The summed E-state index contributed by atoms with van der Waals surface area (Å²) < 4.78 is 11.0.